The highest BCUT2D eigenvalue weighted by Gasteiger charge is 2.36. The Hall–Kier alpha value is -1.70. The number of hydrogen-bond acceptors (Lipinski definition) is 2. The molecule has 1 rings (SSSR count). The number of aryl methyl sites for hydroxylation is 1. The first-order valence-corrected chi connectivity index (χ1v) is 4.16. The number of nitrogens with zero attached hydrogens (tertiary/aromatic N) is 1. The van der Waals surface area contributed by atoms with Crippen molar-refractivity contribution in [1.82, 2.24) is 0 Å². The Balaban J connectivity index is 3.67. The SMILES string of the molecule is Cc1cc(N)c(C)c(C#N)c1C(F)(F)F. The Morgan fingerprint density at radius 2 is 1.87 bits per heavy atom. The van der Waals surface area contributed by atoms with Crippen LogP contribution < -0.4 is 5.73 Å². The highest BCUT2D eigenvalue weighted by atomic mass is 19.4. The lowest BCUT2D eigenvalue weighted by atomic mass is 9.96. The number of rotatable bonds is 0. The molecular formula is C10H9F3N2. The molecule has 0 saturated carbocycles. The molecule has 1 aromatic carbocycles. The molecule has 0 saturated heterocycles. The van der Waals surface area contributed by atoms with Gasteiger partial charge in [-0.25, -0.2) is 0 Å². The molecule has 0 spiro atoms. The summed E-state index contributed by atoms with van der Waals surface area (Å²) in [7, 11) is 0. The number of nitrogens with two attached hydrogens (primary N) is 1. The number of anilines is 1. The third-order valence-corrected chi connectivity index (χ3v) is 2.22. The van der Waals surface area contributed by atoms with Crippen LogP contribution in [-0.2, 0) is 6.18 Å². The Morgan fingerprint density at radius 3 is 2.27 bits per heavy atom. The molecule has 0 fully saturated rings. The van der Waals surface area contributed by atoms with Gasteiger partial charge in [0.2, 0.25) is 0 Å². The first-order chi connectivity index (χ1) is 6.79. The summed E-state index contributed by atoms with van der Waals surface area (Å²) in [4.78, 5) is 0. The molecule has 2 nitrogen and oxygen atoms in total. The largest absolute Gasteiger partial charge is 0.417 e. The average molecular weight is 214 g/mol. The summed E-state index contributed by atoms with van der Waals surface area (Å²) in [6.07, 6.45) is -4.52. The van der Waals surface area contributed by atoms with Crippen molar-refractivity contribution in [3.63, 3.8) is 0 Å². The molecule has 0 aromatic heterocycles. The van der Waals surface area contributed by atoms with Gasteiger partial charge in [-0.15, -0.1) is 0 Å². The van der Waals surface area contributed by atoms with Gasteiger partial charge in [0.15, 0.2) is 0 Å². The minimum Gasteiger partial charge on any atom is -0.398 e. The lowest BCUT2D eigenvalue weighted by Crippen LogP contribution is -2.12. The predicted molar refractivity (Wildman–Crippen MR) is 50.0 cm³/mol. The molecule has 0 bridgehead atoms. The molecule has 2 N–H and O–H groups in total. The fourth-order valence-electron chi connectivity index (χ4n) is 1.45. The minimum atomic E-state index is -4.52. The van der Waals surface area contributed by atoms with Crippen LogP contribution in [0.3, 0.4) is 0 Å². The number of alkyl halides is 3. The van der Waals surface area contributed by atoms with Gasteiger partial charge in [-0.2, -0.15) is 18.4 Å². The Bertz CT molecular complexity index is 441. The van der Waals surface area contributed by atoms with E-state index in [9.17, 15) is 13.2 Å². The van der Waals surface area contributed by atoms with Gasteiger partial charge in [0, 0.05) is 5.69 Å². The zero-order chi connectivity index (χ0) is 11.8. The number of benzene rings is 1. The molecule has 0 amide bonds. The zero-order valence-electron chi connectivity index (χ0n) is 8.24. The van der Waals surface area contributed by atoms with Gasteiger partial charge in [-0.05, 0) is 31.0 Å². The van der Waals surface area contributed by atoms with Crippen LogP contribution in [0.5, 0.6) is 0 Å². The van der Waals surface area contributed by atoms with Gasteiger partial charge in [-0.1, -0.05) is 0 Å². The van der Waals surface area contributed by atoms with Gasteiger partial charge in [0.25, 0.3) is 0 Å². The van der Waals surface area contributed by atoms with Crippen molar-refractivity contribution < 1.29 is 13.2 Å². The van der Waals surface area contributed by atoms with Crippen LogP contribution in [-0.4, -0.2) is 0 Å². The van der Waals surface area contributed by atoms with E-state index in [0.717, 1.165) is 0 Å². The summed E-state index contributed by atoms with van der Waals surface area (Å²) in [5.41, 5.74) is 4.57. The van der Waals surface area contributed by atoms with E-state index in [2.05, 4.69) is 0 Å². The van der Waals surface area contributed by atoms with Gasteiger partial charge < -0.3 is 5.73 Å². The van der Waals surface area contributed by atoms with E-state index in [0.29, 0.717) is 0 Å². The first-order valence-electron chi connectivity index (χ1n) is 4.16. The second-order valence-corrected chi connectivity index (χ2v) is 3.27. The van der Waals surface area contributed by atoms with Crippen molar-refractivity contribution in [2.75, 3.05) is 5.73 Å². The van der Waals surface area contributed by atoms with Crippen molar-refractivity contribution in [3.8, 4) is 6.07 Å². The number of hydrogen-bond donors (Lipinski definition) is 1. The smallest absolute Gasteiger partial charge is 0.398 e. The topological polar surface area (TPSA) is 49.8 Å². The van der Waals surface area contributed by atoms with Crippen LogP contribution in [0, 0.1) is 25.2 Å². The summed E-state index contributed by atoms with van der Waals surface area (Å²) < 4.78 is 37.8. The van der Waals surface area contributed by atoms with E-state index in [1.165, 1.54) is 19.9 Å². The number of nitriles is 1. The molecule has 0 radical (unpaired) electrons. The van der Waals surface area contributed by atoms with Crippen LogP contribution in [0.2, 0.25) is 0 Å². The van der Waals surface area contributed by atoms with Crippen LogP contribution in [0.1, 0.15) is 22.3 Å². The van der Waals surface area contributed by atoms with Crippen LogP contribution in [0.25, 0.3) is 0 Å². The monoisotopic (exact) mass is 214 g/mol. The van der Waals surface area contributed by atoms with Gasteiger partial charge in [-0.3, -0.25) is 0 Å². The lowest BCUT2D eigenvalue weighted by Gasteiger charge is -2.15. The molecule has 0 heterocycles. The molecule has 0 unspecified atom stereocenters. The van der Waals surface area contributed by atoms with Crippen molar-refractivity contribution in [1.29, 1.82) is 5.26 Å². The summed E-state index contributed by atoms with van der Waals surface area (Å²) in [6.45, 7) is 2.70. The lowest BCUT2D eigenvalue weighted by molar-refractivity contribution is -0.138. The highest BCUT2D eigenvalue weighted by Crippen LogP contribution is 2.37. The molecule has 1 aromatic rings. The third kappa shape index (κ3) is 1.89. The Labute approximate surface area is 85.1 Å². The fraction of sp³-hybridized carbons (Fsp3) is 0.300. The molecule has 0 aliphatic carbocycles. The van der Waals surface area contributed by atoms with Crippen molar-refractivity contribution in [2.24, 2.45) is 0 Å². The van der Waals surface area contributed by atoms with Crippen molar-refractivity contribution in [3.05, 3.63) is 28.3 Å². The molecule has 80 valence electrons. The van der Waals surface area contributed by atoms with E-state index in [4.69, 9.17) is 11.0 Å². The third-order valence-electron chi connectivity index (χ3n) is 2.22. The maximum atomic E-state index is 12.6. The van der Waals surface area contributed by atoms with E-state index in [1.54, 1.807) is 6.07 Å². The fourth-order valence-corrected chi connectivity index (χ4v) is 1.45. The molecule has 0 atom stereocenters. The quantitative estimate of drug-likeness (QED) is 0.675. The summed E-state index contributed by atoms with van der Waals surface area (Å²) >= 11 is 0. The normalized spacial score (nSPS) is 11.2. The molecular weight excluding hydrogens is 205 g/mol. The number of halogens is 3. The van der Waals surface area contributed by atoms with E-state index < -0.39 is 11.7 Å². The van der Waals surface area contributed by atoms with Gasteiger partial charge in [0.05, 0.1) is 11.1 Å². The van der Waals surface area contributed by atoms with Gasteiger partial charge in [0.1, 0.15) is 6.07 Å². The predicted octanol–water partition coefficient (Wildman–Crippen LogP) is 2.78. The second-order valence-electron chi connectivity index (χ2n) is 3.27. The molecule has 0 aliphatic rings. The Morgan fingerprint density at radius 1 is 1.33 bits per heavy atom. The second kappa shape index (κ2) is 3.46. The van der Waals surface area contributed by atoms with E-state index >= 15 is 0 Å². The maximum absolute atomic E-state index is 12.6. The van der Waals surface area contributed by atoms with E-state index in [-0.39, 0.29) is 22.4 Å². The summed E-state index contributed by atoms with van der Waals surface area (Å²) in [5.74, 6) is 0. The molecule has 5 heteroatoms. The highest BCUT2D eigenvalue weighted by molar-refractivity contribution is 5.61. The maximum Gasteiger partial charge on any atom is 0.417 e. The van der Waals surface area contributed by atoms with Crippen LogP contribution >= 0.6 is 0 Å². The molecule has 0 aliphatic heterocycles. The standard InChI is InChI=1S/C10H9F3N2/c1-5-3-8(15)6(2)7(4-14)9(5)10(11,12)13/h3H,15H2,1-2H3. The molecule has 15 heavy (non-hydrogen) atoms. The summed E-state index contributed by atoms with van der Waals surface area (Å²) in [6, 6.07) is 2.79. The zero-order valence-corrected chi connectivity index (χ0v) is 8.24. The Kier molecular flexibility index (Phi) is 2.63. The minimum absolute atomic E-state index is 0.0258. The average Bonchev–Trinajstić information content (AvgIpc) is 2.08. The van der Waals surface area contributed by atoms with E-state index in [1.807, 2.05) is 0 Å². The van der Waals surface area contributed by atoms with Crippen LogP contribution in [0.4, 0.5) is 18.9 Å². The van der Waals surface area contributed by atoms with Crippen molar-refractivity contribution >= 4 is 5.69 Å². The van der Waals surface area contributed by atoms with Crippen LogP contribution in [0.15, 0.2) is 6.07 Å². The van der Waals surface area contributed by atoms with Crippen molar-refractivity contribution in [2.45, 2.75) is 20.0 Å². The number of nitrogen functional groups attached to an aromatic ring is 1. The van der Waals surface area contributed by atoms with Gasteiger partial charge >= 0.3 is 6.18 Å². The summed E-state index contributed by atoms with van der Waals surface area (Å²) in [5, 5.41) is 8.71. The first kappa shape index (κ1) is 11.4.